The highest BCUT2D eigenvalue weighted by Gasteiger charge is 2.37. The van der Waals surface area contributed by atoms with Crippen LogP contribution in [0.15, 0.2) is 42.5 Å². The number of aliphatic carboxylic acids is 1. The van der Waals surface area contributed by atoms with Crippen LogP contribution in [-0.4, -0.2) is 70.2 Å². The Hall–Kier alpha value is -3.17. The summed E-state index contributed by atoms with van der Waals surface area (Å²) in [5.41, 5.74) is 18.7. The number of primary amides is 1. The average molecular weight is 455 g/mol. The number of nitrogens with zero attached hydrogens (tertiary/aromatic N) is 3. The third-order valence-corrected chi connectivity index (χ3v) is 6.33. The molecule has 0 unspecified atom stereocenters. The first-order valence-corrected chi connectivity index (χ1v) is 11.4. The number of rotatable bonds is 5. The average Bonchev–Trinajstić information content (AvgIpc) is 3.35. The molecule has 4 rings (SSSR count). The highest BCUT2D eigenvalue weighted by atomic mass is 16.4. The van der Waals surface area contributed by atoms with Crippen molar-refractivity contribution < 1.29 is 14.7 Å². The normalized spacial score (nSPS) is 17.8. The van der Waals surface area contributed by atoms with Gasteiger partial charge in [-0.25, -0.2) is 9.78 Å². The standard InChI is InChI=1S/C19H24N4O2.C5H10N2O/c20-17-3-1-2-16(22-17)15-6-4-14(5-7-15)8-11-23-12-9-19(21,10-13-23)18(24)25;6-5(8)7-3-1-2-4-7/h1-7H,8-13,21H2,(H2,20,22)(H,24,25);1-4H2,(H2,6,8). The molecular weight excluding hydrogens is 420 g/mol. The van der Waals surface area contributed by atoms with E-state index in [1.165, 1.54) is 5.56 Å². The van der Waals surface area contributed by atoms with Crippen LogP contribution in [0.5, 0.6) is 0 Å². The van der Waals surface area contributed by atoms with Gasteiger partial charge in [0.05, 0.1) is 5.69 Å². The van der Waals surface area contributed by atoms with Gasteiger partial charge in [0.25, 0.3) is 0 Å². The summed E-state index contributed by atoms with van der Waals surface area (Å²) in [7, 11) is 0. The zero-order valence-corrected chi connectivity index (χ0v) is 18.9. The molecule has 2 fully saturated rings. The van der Waals surface area contributed by atoms with E-state index in [4.69, 9.17) is 17.2 Å². The SMILES string of the molecule is NC(=O)N1CCCC1.Nc1cccc(-c2ccc(CCN3CCC(N)(C(=O)O)CC3)cc2)n1. The zero-order valence-electron chi connectivity index (χ0n) is 18.9. The number of amides is 2. The van der Waals surface area contributed by atoms with Gasteiger partial charge >= 0.3 is 12.0 Å². The maximum absolute atomic E-state index is 11.2. The molecule has 0 radical (unpaired) electrons. The van der Waals surface area contributed by atoms with Crippen LogP contribution in [0.1, 0.15) is 31.2 Å². The Bertz CT molecular complexity index is 935. The molecule has 33 heavy (non-hydrogen) atoms. The van der Waals surface area contributed by atoms with Crippen LogP contribution in [0.4, 0.5) is 10.6 Å². The second-order valence-electron chi connectivity index (χ2n) is 8.73. The molecule has 1 aromatic carbocycles. The number of anilines is 1. The molecule has 1 aromatic heterocycles. The van der Waals surface area contributed by atoms with Gasteiger partial charge in [0.2, 0.25) is 0 Å². The third-order valence-electron chi connectivity index (χ3n) is 6.33. The van der Waals surface area contributed by atoms with Crippen molar-refractivity contribution in [3.05, 3.63) is 48.0 Å². The molecule has 3 heterocycles. The fraction of sp³-hybridized carbons (Fsp3) is 0.458. The van der Waals surface area contributed by atoms with E-state index in [-0.39, 0.29) is 6.03 Å². The fourth-order valence-corrected chi connectivity index (χ4v) is 4.07. The van der Waals surface area contributed by atoms with Crippen molar-refractivity contribution in [2.45, 2.75) is 37.6 Å². The monoisotopic (exact) mass is 454 g/mol. The van der Waals surface area contributed by atoms with Crippen molar-refractivity contribution in [3.8, 4) is 11.3 Å². The summed E-state index contributed by atoms with van der Waals surface area (Å²) >= 11 is 0. The molecule has 2 aliphatic heterocycles. The Morgan fingerprint density at radius 2 is 1.64 bits per heavy atom. The van der Waals surface area contributed by atoms with Crippen molar-refractivity contribution in [1.29, 1.82) is 0 Å². The summed E-state index contributed by atoms with van der Waals surface area (Å²) in [5, 5.41) is 9.17. The number of hydrogen-bond donors (Lipinski definition) is 4. The van der Waals surface area contributed by atoms with Crippen LogP contribution < -0.4 is 17.2 Å². The van der Waals surface area contributed by atoms with Crippen molar-refractivity contribution in [2.24, 2.45) is 11.5 Å². The van der Waals surface area contributed by atoms with Gasteiger partial charge in [0.15, 0.2) is 0 Å². The number of piperidine rings is 1. The molecule has 9 heteroatoms. The molecule has 7 N–H and O–H groups in total. The van der Waals surface area contributed by atoms with Gasteiger partial charge in [-0.3, -0.25) is 4.79 Å². The van der Waals surface area contributed by atoms with E-state index in [0.29, 0.717) is 18.7 Å². The first-order chi connectivity index (χ1) is 15.8. The number of nitrogen functional groups attached to an aromatic ring is 1. The third kappa shape index (κ3) is 6.90. The molecule has 9 nitrogen and oxygen atoms in total. The number of pyridine rings is 1. The van der Waals surface area contributed by atoms with Crippen LogP contribution in [-0.2, 0) is 11.2 Å². The molecule has 0 aliphatic carbocycles. The van der Waals surface area contributed by atoms with Gasteiger partial charge in [-0.2, -0.15) is 0 Å². The van der Waals surface area contributed by atoms with E-state index in [9.17, 15) is 14.7 Å². The maximum Gasteiger partial charge on any atom is 0.323 e. The van der Waals surface area contributed by atoms with Crippen molar-refractivity contribution in [3.63, 3.8) is 0 Å². The molecule has 2 aliphatic rings. The number of aromatic nitrogens is 1. The highest BCUT2D eigenvalue weighted by molar-refractivity contribution is 5.78. The molecule has 178 valence electrons. The Kier molecular flexibility index (Phi) is 8.24. The quantitative estimate of drug-likeness (QED) is 0.538. The molecule has 0 spiro atoms. The predicted octanol–water partition coefficient (Wildman–Crippen LogP) is 1.91. The molecular formula is C24H34N6O3. The van der Waals surface area contributed by atoms with Gasteiger partial charge in [-0.1, -0.05) is 30.3 Å². The van der Waals surface area contributed by atoms with Gasteiger partial charge in [0, 0.05) is 38.3 Å². The number of carbonyl (C=O) groups is 2. The number of nitrogens with two attached hydrogens (primary N) is 3. The number of urea groups is 1. The van der Waals surface area contributed by atoms with E-state index in [1.54, 1.807) is 11.0 Å². The van der Waals surface area contributed by atoms with Gasteiger partial charge in [-0.05, 0) is 49.8 Å². The Morgan fingerprint density at radius 1 is 1.00 bits per heavy atom. The first kappa shape index (κ1) is 24.5. The second kappa shape index (κ2) is 11.1. The zero-order chi connectivity index (χ0) is 23.8. The largest absolute Gasteiger partial charge is 0.480 e. The Morgan fingerprint density at radius 3 is 2.15 bits per heavy atom. The predicted molar refractivity (Wildman–Crippen MR) is 128 cm³/mol. The van der Waals surface area contributed by atoms with E-state index in [1.807, 2.05) is 12.1 Å². The lowest BCUT2D eigenvalue weighted by molar-refractivity contribution is -0.145. The van der Waals surface area contributed by atoms with Crippen LogP contribution in [0, 0.1) is 0 Å². The molecule has 0 atom stereocenters. The van der Waals surface area contributed by atoms with Gasteiger partial charge in [-0.15, -0.1) is 0 Å². The number of benzene rings is 1. The van der Waals surface area contributed by atoms with E-state index >= 15 is 0 Å². The van der Waals surface area contributed by atoms with E-state index in [2.05, 4.69) is 34.1 Å². The lowest BCUT2D eigenvalue weighted by Gasteiger charge is -2.36. The van der Waals surface area contributed by atoms with E-state index < -0.39 is 11.5 Å². The Labute approximate surface area is 194 Å². The molecule has 2 saturated heterocycles. The van der Waals surface area contributed by atoms with Crippen LogP contribution >= 0.6 is 0 Å². The minimum absolute atomic E-state index is 0.275. The number of likely N-dealkylation sites (tertiary alicyclic amines) is 2. The van der Waals surface area contributed by atoms with Crippen LogP contribution in [0.25, 0.3) is 11.3 Å². The van der Waals surface area contributed by atoms with Crippen molar-refractivity contribution >= 4 is 17.8 Å². The lowest BCUT2D eigenvalue weighted by Crippen LogP contribution is -2.55. The highest BCUT2D eigenvalue weighted by Crippen LogP contribution is 2.21. The smallest absolute Gasteiger partial charge is 0.323 e. The van der Waals surface area contributed by atoms with E-state index in [0.717, 1.165) is 63.2 Å². The molecule has 0 bridgehead atoms. The summed E-state index contributed by atoms with van der Waals surface area (Å²) in [6.45, 7) is 4.08. The number of carboxylic acids is 1. The minimum Gasteiger partial charge on any atom is -0.480 e. The molecule has 2 aromatic rings. The first-order valence-electron chi connectivity index (χ1n) is 11.4. The lowest BCUT2D eigenvalue weighted by atomic mass is 9.88. The van der Waals surface area contributed by atoms with Gasteiger partial charge < -0.3 is 32.1 Å². The van der Waals surface area contributed by atoms with Crippen molar-refractivity contribution in [2.75, 3.05) is 38.5 Å². The fourth-order valence-electron chi connectivity index (χ4n) is 4.07. The summed E-state index contributed by atoms with van der Waals surface area (Å²) < 4.78 is 0. The van der Waals surface area contributed by atoms with Crippen LogP contribution in [0.2, 0.25) is 0 Å². The summed E-state index contributed by atoms with van der Waals surface area (Å²) in [6.07, 6.45) is 4.16. The van der Waals surface area contributed by atoms with Crippen LogP contribution in [0.3, 0.4) is 0 Å². The number of hydrogen-bond acceptors (Lipinski definition) is 6. The number of carboxylic acid groups (broad SMARTS) is 1. The number of carbonyl (C=O) groups excluding carboxylic acids is 1. The molecule has 2 amide bonds. The van der Waals surface area contributed by atoms with Crippen molar-refractivity contribution in [1.82, 2.24) is 14.8 Å². The molecule has 0 saturated carbocycles. The summed E-state index contributed by atoms with van der Waals surface area (Å²) in [5.74, 6) is -0.373. The maximum atomic E-state index is 11.2. The Balaban J connectivity index is 0.000000323. The summed E-state index contributed by atoms with van der Waals surface area (Å²) in [4.78, 5) is 29.8. The van der Waals surface area contributed by atoms with Gasteiger partial charge in [0.1, 0.15) is 11.4 Å². The second-order valence-corrected chi connectivity index (χ2v) is 8.73. The minimum atomic E-state index is -1.05. The topological polar surface area (TPSA) is 152 Å². The summed E-state index contributed by atoms with van der Waals surface area (Å²) in [6, 6.07) is 13.7.